The standard InChI is InChI=1S/C27H33NO5/c1-26(2)19-13-21(14-20(26)16-22(29)15-19)27(33,25(31)32)23(17-9-5-3-6-10-17)28-24(30)18-11-7-4-8-12-18/h3-12,19-23,29,33H,13-16H2,1-2H3,(H,28,30)(H,31,32)/t19?,20?,21?,22?,23?,27-/m1/s1. The Bertz CT molecular complexity index is 974. The maximum absolute atomic E-state index is 13.1. The molecule has 4 N–H and O–H groups in total. The van der Waals surface area contributed by atoms with Gasteiger partial charge in [0.15, 0.2) is 5.60 Å². The third kappa shape index (κ3) is 4.30. The molecule has 2 bridgehead atoms. The van der Waals surface area contributed by atoms with Crippen LogP contribution in [0.5, 0.6) is 0 Å². The van der Waals surface area contributed by atoms with Crippen LogP contribution < -0.4 is 5.32 Å². The minimum atomic E-state index is -2.19. The van der Waals surface area contributed by atoms with Gasteiger partial charge in [0.1, 0.15) is 0 Å². The van der Waals surface area contributed by atoms with Gasteiger partial charge in [-0.3, -0.25) is 4.79 Å². The van der Waals surface area contributed by atoms with Crippen LogP contribution in [0.25, 0.3) is 0 Å². The van der Waals surface area contributed by atoms with Crippen molar-refractivity contribution in [2.24, 2.45) is 23.2 Å². The van der Waals surface area contributed by atoms with E-state index in [1.165, 1.54) is 0 Å². The number of amides is 1. The van der Waals surface area contributed by atoms with Gasteiger partial charge in [0.05, 0.1) is 12.1 Å². The summed E-state index contributed by atoms with van der Waals surface area (Å²) in [7, 11) is 0. The van der Waals surface area contributed by atoms with Gasteiger partial charge in [-0.25, -0.2) is 4.79 Å². The molecule has 33 heavy (non-hydrogen) atoms. The number of carboxylic acids is 1. The Kier molecular flexibility index (Phi) is 6.34. The van der Waals surface area contributed by atoms with E-state index in [0.717, 1.165) is 0 Å². The van der Waals surface area contributed by atoms with E-state index in [-0.39, 0.29) is 17.3 Å². The fraction of sp³-hybridized carbons (Fsp3) is 0.481. The molecule has 0 radical (unpaired) electrons. The number of aliphatic hydroxyl groups is 2. The lowest BCUT2D eigenvalue weighted by molar-refractivity contribution is -0.181. The van der Waals surface area contributed by atoms with Crippen molar-refractivity contribution in [2.45, 2.75) is 57.3 Å². The molecule has 6 heteroatoms. The smallest absolute Gasteiger partial charge is 0.338 e. The van der Waals surface area contributed by atoms with E-state index < -0.39 is 35.5 Å². The maximum atomic E-state index is 13.1. The van der Waals surface area contributed by atoms with Crippen molar-refractivity contribution in [3.8, 4) is 0 Å². The summed E-state index contributed by atoms with van der Waals surface area (Å²) >= 11 is 0. The molecule has 0 aliphatic heterocycles. The summed E-state index contributed by atoms with van der Waals surface area (Å²) in [5.74, 6) is -2.15. The summed E-state index contributed by atoms with van der Waals surface area (Å²) in [6.07, 6.45) is 1.76. The van der Waals surface area contributed by atoms with Crippen molar-refractivity contribution in [1.29, 1.82) is 0 Å². The van der Waals surface area contributed by atoms with E-state index >= 15 is 0 Å². The molecule has 2 fully saturated rings. The van der Waals surface area contributed by atoms with Crippen LogP contribution in [0, 0.1) is 23.2 Å². The molecule has 2 saturated carbocycles. The third-order valence-corrected chi connectivity index (χ3v) is 8.21. The molecule has 2 aromatic rings. The molecule has 0 saturated heterocycles. The average molecular weight is 452 g/mol. The second kappa shape index (κ2) is 8.92. The monoisotopic (exact) mass is 451 g/mol. The Morgan fingerprint density at radius 2 is 1.45 bits per heavy atom. The van der Waals surface area contributed by atoms with Gasteiger partial charge >= 0.3 is 5.97 Å². The summed E-state index contributed by atoms with van der Waals surface area (Å²) in [6, 6.07) is 16.3. The molecule has 4 atom stereocenters. The fourth-order valence-electron chi connectivity index (χ4n) is 6.07. The van der Waals surface area contributed by atoms with Crippen LogP contribution in [0.1, 0.15) is 61.5 Å². The highest BCUT2D eigenvalue weighted by Crippen LogP contribution is 2.57. The van der Waals surface area contributed by atoms with Gasteiger partial charge in [-0.2, -0.15) is 0 Å². The number of carbonyl (C=O) groups excluding carboxylic acids is 1. The molecule has 1 amide bonds. The second-order valence-corrected chi connectivity index (χ2v) is 10.3. The zero-order valence-electron chi connectivity index (χ0n) is 19.1. The van der Waals surface area contributed by atoms with Crippen LogP contribution in [-0.2, 0) is 4.79 Å². The number of aliphatic hydroxyl groups excluding tert-OH is 1. The Balaban J connectivity index is 1.73. The van der Waals surface area contributed by atoms with E-state index in [1.807, 2.05) is 6.07 Å². The van der Waals surface area contributed by atoms with E-state index in [2.05, 4.69) is 19.2 Å². The van der Waals surface area contributed by atoms with Crippen LogP contribution in [0.3, 0.4) is 0 Å². The molecule has 3 unspecified atom stereocenters. The predicted octanol–water partition coefficient (Wildman–Crippen LogP) is 3.80. The summed E-state index contributed by atoms with van der Waals surface area (Å²) in [5, 5.41) is 35.5. The van der Waals surface area contributed by atoms with Crippen LogP contribution in [0.4, 0.5) is 0 Å². The van der Waals surface area contributed by atoms with Crippen LogP contribution in [-0.4, -0.2) is 38.9 Å². The minimum Gasteiger partial charge on any atom is -0.479 e. The van der Waals surface area contributed by atoms with Gasteiger partial charge in [0.2, 0.25) is 0 Å². The van der Waals surface area contributed by atoms with Gasteiger partial charge in [0, 0.05) is 11.5 Å². The molecule has 176 valence electrons. The second-order valence-electron chi connectivity index (χ2n) is 10.3. The highest BCUT2D eigenvalue weighted by atomic mass is 16.4. The zero-order valence-corrected chi connectivity index (χ0v) is 19.1. The number of carbonyl (C=O) groups is 2. The highest BCUT2D eigenvalue weighted by Gasteiger charge is 2.58. The molecule has 0 aromatic heterocycles. The zero-order chi connectivity index (χ0) is 23.8. The Morgan fingerprint density at radius 3 is 1.97 bits per heavy atom. The number of rotatable bonds is 6. The maximum Gasteiger partial charge on any atom is 0.338 e. The summed E-state index contributed by atoms with van der Waals surface area (Å²) in [4.78, 5) is 25.8. The fourth-order valence-corrected chi connectivity index (χ4v) is 6.07. The molecule has 2 aromatic carbocycles. The van der Waals surface area contributed by atoms with E-state index in [4.69, 9.17) is 0 Å². The van der Waals surface area contributed by atoms with Gasteiger partial charge in [-0.1, -0.05) is 62.4 Å². The predicted molar refractivity (Wildman–Crippen MR) is 124 cm³/mol. The summed E-state index contributed by atoms with van der Waals surface area (Å²) in [5.41, 5.74) is -1.29. The first kappa shape index (κ1) is 23.5. The molecule has 2 aliphatic rings. The lowest BCUT2D eigenvalue weighted by atomic mass is 9.51. The largest absolute Gasteiger partial charge is 0.479 e. The van der Waals surface area contributed by atoms with Crippen molar-refractivity contribution in [2.75, 3.05) is 0 Å². The lowest BCUT2D eigenvalue weighted by Crippen LogP contribution is -2.60. The molecular weight excluding hydrogens is 418 g/mol. The van der Waals surface area contributed by atoms with Crippen molar-refractivity contribution in [3.63, 3.8) is 0 Å². The number of hydrogen-bond donors (Lipinski definition) is 4. The van der Waals surface area contributed by atoms with Gasteiger partial charge < -0.3 is 20.6 Å². The van der Waals surface area contributed by atoms with Gasteiger partial charge in [0.25, 0.3) is 5.91 Å². The van der Waals surface area contributed by atoms with Crippen LogP contribution in [0.15, 0.2) is 60.7 Å². The number of carboxylic acid groups (broad SMARTS) is 1. The third-order valence-electron chi connectivity index (χ3n) is 8.21. The van der Waals surface area contributed by atoms with E-state index in [0.29, 0.717) is 36.8 Å². The van der Waals surface area contributed by atoms with Crippen molar-refractivity contribution < 1.29 is 24.9 Å². The Morgan fingerprint density at radius 1 is 0.939 bits per heavy atom. The van der Waals surface area contributed by atoms with Crippen molar-refractivity contribution in [1.82, 2.24) is 5.32 Å². The highest BCUT2D eigenvalue weighted by molar-refractivity contribution is 5.95. The first-order chi connectivity index (χ1) is 15.6. The van der Waals surface area contributed by atoms with E-state index in [1.54, 1.807) is 54.6 Å². The number of fused-ring (bicyclic) bond motifs is 2. The molecule has 0 heterocycles. The molecular formula is C27H33NO5. The first-order valence-electron chi connectivity index (χ1n) is 11.7. The van der Waals surface area contributed by atoms with Gasteiger partial charge in [-0.15, -0.1) is 0 Å². The number of benzene rings is 2. The molecule has 0 spiro atoms. The molecule has 4 rings (SSSR count). The Labute approximate surface area is 194 Å². The topological polar surface area (TPSA) is 107 Å². The lowest BCUT2D eigenvalue weighted by Gasteiger charge is -2.56. The normalized spacial score (nSPS) is 28.8. The average Bonchev–Trinajstić information content (AvgIpc) is 2.78. The summed E-state index contributed by atoms with van der Waals surface area (Å²) in [6.45, 7) is 4.35. The Hall–Kier alpha value is -2.70. The van der Waals surface area contributed by atoms with Gasteiger partial charge in [-0.05, 0) is 60.6 Å². The minimum absolute atomic E-state index is 0.0370. The first-order valence-corrected chi connectivity index (χ1v) is 11.7. The van der Waals surface area contributed by atoms with Crippen molar-refractivity contribution in [3.05, 3.63) is 71.8 Å². The van der Waals surface area contributed by atoms with Crippen molar-refractivity contribution >= 4 is 11.9 Å². The molecule has 6 nitrogen and oxygen atoms in total. The number of nitrogens with one attached hydrogen (secondary N) is 1. The SMILES string of the molecule is CC1(C)C2CC(O)CC1CC([C@](O)(C(=O)O)C(NC(=O)c1ccccc1)c1ccccc1)C2. The van der Waals surface area contributed by atoms with E-state index in [9.17, 15) is 24.9 Å². The quantitative estimate of drug-likeness (QED) is 0.535. The number of hydrogen-bond acceptors (Lipinski definition) is 4. The van der Waals surface area contributed by atoms with Crippen LogP contribution >= 0.6 is 0 Å². The summed E-state index contributed by atoms with van der Waals surface area (Å²) < 4.78 is 0. The van der Waals surface area contributed by atoms with Crippen LogP contribution in [0.2, 0.25) is 0 Å². The number of aliphatic carboxylic acids is 1. The molecule has 2 aliphatic carbocycles.